The Bertz CT molecular complexity index is 502. The average Bonchev–Trinajstić information content (AvgIpc) is 2.76. The lowest BCUT2D eigenvalue weighted by Gasteiger charge is -2.05. The lowest BCUT2D eigenvalue weighted by Crippen LogP contribution is -2.10. The summed E-state index contributed by atoms with van der Waals surface area (Å²) in [5.74, 6) is 1.66. The van der Waals surface area contributed by atoms with E-state index in [1.807, 2.05) is 38.2 Å². The van der Waals surface area contributed by atoms with Gasteiger partial charge in [0.05, 0.1) is 6.04 Å². The van der Waals surface area contributed by atoms with E-state index in [0.717, 1.165) is 17.1 Å². The summed E-state index contributed by atoms with van der Waals surface area (Å²) in [5.41, 5.74) is 0.886. The number of halogens is 2. The summed E-state index contributed by atoms with van der Waals surface area (Å²) in [6.45, 7) is 2.04. The Morgan fingerprint density at radius 2 is 1.76 bits per heavy atom. The average molecular weight is 270 g/mol. The number of rotatable bonds is 3. The molecule has 0 saturated carbocycles. The molecule has 1 heterocycles. The van der Waals surface area contributed by atoms with Gasteiger partial charge in [-0.25, -0.2) is 0 Å². The smallest absolute Gasteiger partial charge is 0.134 e. The van der Waals surface area contributed by atoms with Gasteiger partial charge in [-0.2, -0.15) is 0 Å². The van der Waals surface area contributed by atoms with Gasteiger partial charge in [0.15, 0.2) is 0 Å². The van der Waals surface area contributed by atoms with Crippen molar-refractivity contribution >= 4 is 23.2 Å². The molecule has 0 aliphatic carbocycles. The molecule has 2 rings (SSSR count). The van der Waals surface area contributed by atoms with Gasteiger partial charge in [-0.1, -0.05) is 23.2 Å². The Labute approximate surface area is 111 Å². The van der Waals surface area contributed by atoms with Crippen LogP contribution in [0.1, 0.15) is 18.7 Å². The second kappa shape index (κ2) is 5.13. The third-order valence-electron chi connectivity index (χ3n) is 2.63. The van der Waals surface area contributed by atoms with Crippen LogP contribution < -0.4 is 5.32 Å². The Morgan fingerprint density at radius 3 is 2.35 bits per heavy atom. The lowest BCUT2D eigenvalue weighted by atomic mass is 10.2. The quantitative estimate of drug-likeness (QED) is 0.886. The first-order valence-electron chi connectivity index (χ1n) is 5.33. The van der Waals surface area contributed by atoms with Gasteiger partial charge in [0, 0.05) is 15.6 Å². The van der Waals surface area contributed by atoms with E-state index in [1.54, 1.807) is 6.07 Å². The summed E-state index contributed by atoms with van der Waals surface area (Å²) < 4.78 is 5.75. The predicted molar refractivity (Wildman–Crippen MR) is 71.6 cm³/mol. The maximum atomic E-state index is 5.96. The third-order valence-corrected chi connectivity index (χ3v) is 3.07. The number of hydrogen-bond donors (Lipinski definition) is 1. The first kappa shape index (κ1) is 12.5. The molecular formula is C13H13Cl2NO. The first-order chi connectivity index (χ1) is 8.10. The summed E-state index contributed by atoms with van der Waals surface area (Å²) >= 11 is 11.9. The topological polar surface area (TPSA) is 25.2 Å². The van der Waals surface area contributed by atoms with Crippen LogP contribution in [0.15, 0.2) is 34.7 Å². The van der Waals surface area contributed by atoms with Crippen molar-refractivity contribution in [3.05, 3.63) is 46.1 Å². The van der Waals surface area contributed by atoms with Crippen molar-refractivity contribution in [2.75, 3.05) is 7.05 Å². The highest BCUT2D eigenvalue weighted by Crippen LogP contribution is 2.29. The van der Waals surface area contributed by atoms with Crippen LogP contribution in [-0.4, -0.2) is 7.05 Å². The molecule has 2 aromatic rings. The fourth-order valence-corrected chi connectivity index (χ4v) is 2.11. The Morgan fingerprint density at radius 1 is 1.12 bits per heavy atom. The molecule has 0 aliphatic rings. The fraction of sp³-hybridized carbons (Fsp3) is 0.231. The molecular weight excluding hydrogens is 257 g/mol. The number of furan rings is 1. The third kappa shape index (κ3) is 2.83. The number of nitrogens with one attached hydrogen (secondary N) is 1. The second-order valence-corrected chi connectivity index (χ2v) is 4.74. The Hall–Kier alpha value is -0.960. The maximum Gasteiger partial charge on any atom is 0.134 e. The molecule has 17 heavy (non-hydrogen) atoms. The molecule has 0 bridgehead atoms. The Balaban J connectivity index is 2.36. The fourth-order valence-electron chi connectivity index (χ4n) is 1.58. The van der Waals surface area contributed by atoms with E-state index in [2.05, 4.69) is 5.32 Å². The van der Waals surface area contributed by atoms with Gasteiger partial charge < -0.3 is 9.73 Å². The van der Waals surface area contributed by atoms with Crippen molar-refractivity contribution in [1.82, 2.24) is 5.32 Å². The first-order valence-corrected chi connectivity index (χ1v) is 6.09. The van der Waals surface area contributed by atoms with Gasteiger partial charge in [0.25, 0.3) is 0 Å². The molecule has 0 fully saturated rings. The molecule has 2 nitrogen and oxygen atoms in total. The van der Waals surface area contributed by atoms with Crippen molar-refractivity contribution in [1.29, 1.82) is 0 Å². The lowest BCUT2D eigenvalue weighted by molar-refractivity contribution is 0.458. The van der Waals surface area contributed by atoms with Gasteiger partial charge in [0.2, 0.25) is 0 Å². The molecule has 1 aromatic heterocycles. The van der Waals surface area contributed by atoms with Crippen molar-refractivity contribution in [2.45, 2.75) is 13.0 Å². The van der Waals surface area contributed by atoms with Gasteiger partial charge >= 0.3 is 0 Å². The predicted octanol–water partition coefficient (Wildman–Crippen LogP) is 4.53. The minimum Gasteiger partial charge on any atom is -0.459 e. The molecule has 1 unspecified atom stereocenters. The number of benzene rings is 1. The molecule has 1 atom stereocenters. The van der Waals surface area contributed by atoms with Gasteiger partial charge in [-0.3, -0.25) is 0 Å². The van der Waals surface area contributed by atoms with Gasteiger partial charge in [0.1, 0.15) is 11.5 Å². The monoisotopic (exact) mass is 269 g/mol. The number of hydrogen-bond acceptors (Lipinski definition) is 2. The van der Waals surface area contributed by atoms with E-state index in [9.17, 15) is 0 Å². The second-order valence-electron chi connectivity index (χ2n) is 3.87. The van der Waals surface area contributed by atoms with E-state index >= 15 is 0 Å². The highest BCUT2D eigenvalue weighted by atomic mass is 35.5. The zero-order valence-electron chi connectivity index (χ0n) is 9.63. The minimum absolute atomic E-state index is 0.179. The zero-order chi connectivity index (χ0) is 12.4. The van der Waals surface area contributed by atoms with E-state index in [0.29, 0.717) is 10.0 Å². The summed E-state index contributed by atoms with van der Waals surface area (Å²) in [6.07, 6.45) is 0. The van der Waals surface area contributed by atoms with Crippen LogP contribution in [0.2, 0.25) is 10.0 Å². The van der Waals surface area contributed by atoms with Gasteiger partial charge in [-0.05, 0) is 44.3 Å². The largest absolute Gasteiger partial charge is 0.459 e. The van der Waals surface area contributed by atoms with Crippen molar-refractivity contribution in [3.63, 3.8) is 0 Å². The standard InChI is InChI=1S/C13H13Cl2NO/c1-8(16-2)12-3-4-13(17-12)9-5-10(14)7-11(15)6-9/h3-8,16H,1-2H3. The molecule has 90 valence electrons. The van der Waals surface area contributed by atoms with Crippen LogP contribution in [0.5, 0.6) is 0 Å². The summed E-state index contributed by atoms with van der Waals surface area (Å²) in [7, 11) is 1.89. The molecule has 4 heteroatoms. The highest BCUT2D eigenvalue weighted by Gasteiger charge is 2.10. The van der Waals surface area contributed by atoms with Crippen LogP contribution >= 0.6 is 23.2 Å². The maximum absolute atomic E-state index is 5.96. The minimum atomic E-state index is 0.179. The summed E-state index contributed by atoms with van der Waals surface area (Å²) in [6, 6.07) is 9.42. The van der Waals surface area contributed by atoms with Crippen LogP contribution in [0.25, 0.3) is 11.3 Å². The van der Waals surface area contributed by atoms with Crippen LogP contribution in [0.4, 0.5) is 0 Å². The van der Waals surface area contributed by atoms with E-state index in [-0.39, 0.29) is 6.04 Å². The summed E-state index contributed by atoms with van der Waals surface area (Å²) in [4.78, 5) is 0. The van der Waals surface area contributed by atoms with E-state index in [4.69, 9.17) is 27.6 Å². The zero-order valence-corrected chi connectivity index (χ0v) is 11.1. The van der Waals surface area contributed by atoms with Crippen LogP contribution in [0.3, 0.4) is 0 Å². The van der Waals surface area contributed by atoms with Crippen LogP contribution in [-0.2, 0) is 0 Å². The van der Waals surface area contributed by atoms with Crippen LogP contribution in [0, 0.1) is 0 Å². The van der Waals surface area contributed by atoms with Crippen molar-refractivity contribution in [2.24, 2.45) is 0 Å². The molecule has 0 saturated heterocycles. The molecule has 1 N–H and O–H groups in total. The molecule has 0 aliphatic heterocycles. The normalized spacial score (nSPS) is 12.7. The van der Waals surface area contributed by atoms with E-state index in [1.165, 1.54) is 0 Å². The SMILES string of the molecule is CNC(C)c1ccc(-c2cc(Cl)cc(Cl)c2)o1. The molecule has 0 amide bonds. The van der Waals surface area contributed by atoms with Crippen molar-refractivity contribution in [3.8, 4) is 11.3 Å². The van der Waals surface area contributed by atoms with Gasteiger partial charge in [-0.15, -0.1) is 0 Å². The Kier molecular flexibility index (Phi) is 3.77. The summed E-state index contributed by atoms with van der Waals surface area (Å²) in [5, 5.41) is 4.33. The molecule has 0 spiro atoms. The van der Waals surface area contributed by atoms with E-state index < -0.39 is 0 Å². The molecule has 0 radical (unpaired) electrons. The molecule has 1 aromatic carbocycles. The van der Waals surface area contributed by atoms with Crippen molar-refractivity contribution < 1.29 is 4.42 Å². The highest BCUT2D eigenvalue weighted by molar-refractivity contribution is 6.35.